The maximum Gasteiger partial charge on any atom is 0.149 e. The van der Waals surface area contributed by atoms with Crippen LogP contribution < -0.4 is 4.74 Å². The fraction of sp³-hybridized carbons (Fsp3) is 0.111. The Labute approximate surface area is 142 Å². The third-order valence-corrected chi connectivity index (χ3v) is 3.95. The van der Waals surface area contributed by atoms with Crippen LogP contribution >= 0.6 is 15.9 Å². The van der Waals surface area contributed by atoms with Crippen LogP contribution in [0.15, 0.2) is 46.9 Å². The van der Waals surface area contributed by atoms with Crippen molar-refractivity contribution in [1.82, 2.24) is 9.97 Å². The summed E-state index contributed by atoms with van der Waals surface area (Å²) in [4.78, 5) is 7.64. The number of hydrogen-bond acceptors (Lipinski definition) is 3. The highest BCUT2D eigenvalue weighted by Crippen LogP contribution is 2.28. The molecule has 0 radical (unpaired) electrons. The monoisotopic (exact) mass is 367 g/mol. The average Bonchev–Trinajstić information content (AvgIpc) is 2.99. The van der Waals surface area contributed by atoms with Gasteiger partial charge in [0.15, 0.2) is 0 Å². The molecule has 0 bridgehead atoms. The second kappa shape index (κ2) is 6.67. The van der Waals surface area contributed by atoms with Crippen LogP contribution in [-0.4, -0.2) is 16.6 Å². The molecular formula is C18H14BrN3O. The summed E-state index contributed by atoms with van der Waals surface area (Å²) in [6.45, 7) is 2.55. The zero-order valence-corrected chi connectivity index (χ0v) is 14.1. The maximum absolute atomic E-state index is 9.46. The fourth-order valence-electron chi connectivity index (χ4n) is 2.28. The Morgan fingerprint density at radius 3 is 2.87 bits per heavy atom. The minimum atomic E-state index is 0.484. The molecule has 0 spiro atoms. The van der Waals surface area contributed by atoms with Crippen LogP contribution in [0.3, 0.4) is 0 Å². The van der Waals surface area contributed by atoms with Crippen molar-refractivity contribution >= 4 is 38.6 Å². The lowest BCUT2D eigenvalue weighted by atomic mass is 10.1. The van der Waals surface area contributed by atoms with E-state index in [2.05, 4.69) is 32.0 Å². The van der Waals surface area contributed by atoms with Gasteiger partial charge in [-0.1, -0.05) is 18.2 Å². The Kier molecular flexibility index (Phi) is 4.45. The molecule has 0 fully saturated rings. The van der Waals surface area contributed by atoms with Gasteiger partial charge in [-0.3, -0.25) is 0 Å². The third-order valence-electron chi connectivity index (χ3n) is 3.33. The van der Waals surface area contributed by atoms with Gasteiger partial charge < -0.3 is 9.72 Å². The molecule has 0 aliphatic carbocycles. The van der Waals surface area contributed by atoms with Crippen molar-refractivity contribution in [2.24, 2.45) is 0 Å². The predicted molar refractivity (Wildman–Crippen MR) is 94.9 cm³/mol. The Morgan fingerprint density at radius 2 is 2.17 bits per heavy atom. The Hall–Kier alpha value is -2.58. The molecule has 3 rings (SSSR count). The summed E-state index contributed by atoms with van der Waals surface area (Å²) in [6.07, 6.45) is 1.80. The van der Waals surface area contributed by atoms with Crippen molar-refractivity contribution < 1.29 is 4.74 Å². The van der Waals surface area contributed by atoms with Gasteiger partial charge in [-0.05, 0) is 58.8 Å². The fourth-order valence-corrected chi connectivity index (χ4v) is 2.79. The van der Waals surface area contributed by atoms with Crippen molar-refractivity contribution in [3.8, 4) is 11.8 Å². The van der Waals surface area contributed by atoms with Crippen LogP contribution in [0.1, 0.15) is 18.3 Å². The van der Waals surface area contributed by atoms with E-state index in [1.807, 2.05) is 49.4 Å². The van der Waals surface area contributed by atoms with Crippen LogP contribution in [0.4, 0.5) is 0 Å². The van der Waals surface area contributed by atoms with E-state index in [0.717, 1.165) is 26.8 Å². The number of hydrogen-bond donors (Lipinski definition) is 1. The normalized spacial score (nSPS) is 11.4. The summed E-state index contributed by atoms with van der Waals surface area (Å²) >= 11 is 3.48. The van der Waals surface area contributed by atoms with Gasteiger partial charge in [0.05, 0.1) is 27.7 Å². The summed E-state index contributed by atoms with van der Waals surface area (Å²) in [5.41, 5.74) is 3.14. The second-order valence-electron chi connectivity index (χ2n) is 4.90. The molecule has 0 aliphatic rings. The number of H-pyrrole nitrogens is 1. The van der Waals surface area contributed by atoms with E-state index >= 15 is 0 Å². The molecule has 5 heteroatoms. The summed E-state index contributed by atoms with van der Waals surface area (Å²) in [7, 11) is 0. The number of aromatic nitrogens is 2. The lowest BCUT2D eigenvalue weighted by Crippen LogP contribution is -1.92. The molecule has 0 aliphatic heterocycles. The molecule has 0 amide bonds. The molecule has 1 N–H and O–H groups in total. The third kappa shape index (κ3) is 3.27. The largest absolute Gasteiger partial charge is 0.493 e. The predicted octanol–water partition coefficient (Wildman–Crippen LogP) is 4.79. The Balaban J connectivity index is 1.98. The van der Waals surface area contributed by atoms with Crippen molar-refractivity contribution in [1.29, 1.82) is 5.26 Å². The van der Waals surface area contributed by atoms with Gasteiger partial charge in [0.2, 0.25) is 0 Å². The molecule has 4 nitrogen and oxygen atoms in total. The van der Waals surface area contributed by atoms with Gasteiger partial charge in [-0.2, -0.15) is 5.26 Å². The molecule has 0 atom stereocenters. The second-order valence-corrected chi connectivity index (χ2v) is 5.75. The first-order valence-corrected chi connectivity index (χ1v) is 8.00. The van der Waals surface area contributed by atoms with Crippen LogP contribution in [0.25, 0.3) is 22.7 Å². The molecular weight excluding hydrogens is 354 g/mol. The van der Waals surface area contributed by atoms with Gasteiger partial charge in [-0.15, -0.1) is 0 Å². The average molecular weight is 368 g/mol. The zero-order valence-electron chi connectivity index (χ0n) is 12.5. The topological polar surface area (TPSA) is 61.7 Å². The first-order chi connectivity index (χ1) is 11.2. The van der Waals surface area contributed by atoms with Gasteiger partial charge >= 0.3 is 0 Å². The molecule has 3 aromatic rings. The van der Waals surface area contributed by atoms with E-state index in [0.29, 0.717) is 18.0 Å². The van der Waals surface area contributed by atoms with Gasteiger partial charge in [0.1, 0.15) is 17.6 Å². The molecule has 1 heterocycles. The smallest absolute Gasteiger partial charge is 0.149 e. The number of benzene rings is 2. The van der Waals surface area contributed by atoms with Crippen molar-refractivity contribution in [2.45, 2.75) is 6.92 Å². The Morgan fingerprint density at radius 1 is 1.35 bits per heavy atom. The summed E-state index contributed by atoms with van der Waals surface area (Å²) in [5, 5.41) is 9.46. The van der Waals surface area contributed by atoms with Gasteiger partial charge in [0, 0.05) is 0 Å². The van der Waals surface area contributed by atoms with Crippen LogP contribution in [0.2, 0.25) is 0 Å². The number of aromatic amines is 1. The van der Waals surface area contributed by atoms with E-state index in [4.69, 9.17) is 4.74 Å². The highest BCUT2D eigenvalue weighted by molar-refractivity contribution is 9.10. The number of ether oxygens (including phenoxy) is 1. The number of allylic oxidation sites excluding steroid dienone is 1. The SMILES string of the molecule is CCOc1ccc(/C=C(\C#N)c2nc3ccccc3[nH]2)cc1Br. The van der Waals surface area contributed by atoms with Gasteiger partial charge in [-0.25, -0.2) is 4.98 Å². The van der Waals surface area contributed by atoms with E-state index in [-0.39, 0.29) is 0 Å². The van der Waals surface area contributed by atoms with Crippen LogP contribution in [0.5, 0.6) is 5.75 Å². The summed E-state index contributed by atoms with van der Waals surface area (Å²) in [6, 6.07) is 15.6. The number of halogens is 1. The molecule has 0 saturated carbocycles. The molecule has 114 valence electrons. The molecule has 0 saturated heterocycles. The van der Waals surface area contributed by atoms with E-state index in [1.54, 1.807) is 6.08 Å². The number of nitriles is 1. The van der Waals surface area contributed by atoms with E-state index in [1.165, 1.54) is 0 Å². The standard InChI is InChI=1S/C18H14BrN3O/c1-2-23-17-8-7-12(10-14(17)19)9-13(11-20)18-21-15-5-3-4-6-16(15)22-18/h3-10H,2H2,1H3,(H,21,22)/b13-9+. The highest BCUT2D eigenvalue weighted by atomic mass is 79.9. The van der Waals surface area contributed by atoms with E-state index in [9.17, 15) is 5.26 Å². The highest BCUT2D eigenvalue weighted by Gasteiger charge is 2.08. The number of rotatable bonds is 4. The minimum Gasteiger partial charge on any atom is -0.493 e. The van der Waals surface area contributed by atoms with Crippen LogP contribution in [-0.2, 0) is 0 Å². The Bertz CT molecular complexity index is 888. The first-order valence-electron chi connectivity index (χ1n) is 7.20. The number of imidazole rings is 1. The number of para-hydroxylation sites is 2. The lowest BCUT2D eigenvalue weighted by molar-refractivity contribution is 0.338. The van der Waals surface area contributed by atoms with Crippen molar-refractivity contribution in [3.05, 3.63) is 58.3 Å². The maximum atomic E-state index is 9.46. The molecule has 2 aromatic carbocycles. The van der Waals surface area contributed by atoms with Crippen molar-refractivity contribution in [3.63, 3.8) is 0 Å². The number of nitrogens with zero attached hydrogens (tertiary/aromatic N) is 2. The summed E-state index contributed by atoms with van der Waals surface area (Å²) < 4.78 is 6.35. The summed E-state index contributed by atoms with van der Waals surface area (Å²) in [5.74, 6) is 1.35. The van der Waals surface area contributed by atoms with Crippen molar-refractivity contribution in [2.75, 3.05) is 6.61 Å². The lowest BCUT2D eigenvalue weighted by Gasteiger charge is -2.06. The molecule has 23 heavy (non-hydrogen) atoms. The minimum absolute atomic E-state index is 0.484. The van der Waals surface area contributed by atoms with Gasteiger partial charge in [0.25, 0.3) is 0 Å². The van der Waals surface area contributed by atoms with Crippen LogP contribution in [0, 0.1) is 11.3 Å². The number of nitrogens with one attached hydrogen (secondary N) is 1. The molecule has 0 unspecified atom stereocenters. The molecule has 1 aromatic heterocycles. The number of fused-ring (bicyclic) bond motifs is 1. The zero-order chi connectivity index (χ0) is 16.2. The van der Waals surface area contributed by atoms with E-state index < -0.39 is 0 Å². The first kappa shape index (κ1) is 15.3. The quantitative estimate of drug-likeness (QED) is 0.674.